The number of ether oxygens (including phenoxy) is 3. The first-order chi connectivity index (χ1) is 14.0. The number of nitriles is 1. The summed E-state index contributed by atoms with van der Waals surface area (Å²) in [6, 6.07) is 14.9. The molecule has 1 heterocycles. The molecular formula is C22H17NO6. The van der Waals surface area contributed by atoms with Gasteiger partial charge in [-0.15, -0.1) is 0 Å². The van der Waals surface area contributed by atoms with Crippen LogP contribution in [-0.2, 0) is 16.1 Å². The first-order valence-electron chi connectivity index (χ1n) is 8.58. The summed E-state index contributed by atoms with van der Waals surface area (Å²) >= 11 is 0. The van der Waals surface area contributed by atoms with E-state index in [2.05, 4.69) is 0 Å². The summed E-state index contributed by atoms with van der Waals surface area (Å²) in [6.45, 7) is -0.186. The summed E-state index contributed by atoms with van der Waals surface area (Å²) in [6.07, 6.45) is 1.42. The van der Waals surface area contributed by atoms with Gasteiger partial charge in [-0.2, -0.15) is 5.26 Å². The van der Waals surface area contributed by atoms with E-state index in [0.717, 1.165) is 0 Å². The monoisotopic (exact) mass is 391 g/mol. The van der Waals surface area contributed by atoms with Crippen LogP contribution >= 0.6 is 0 Å². The zero-order valence-corrected chi connectivity index (χ0v) is 15.8. The Hall–Kier alpha value is -4.05. The van der Waals surface area contributed by atoms with E-state index in [-0.39, 0.29) is 12.2 Å². The Balaban J connectivity index is 1.81. The minimum atomic E-state index is -0.793. The standard InChI is InChI=1S/C22H17NO6/c1-26-17-5-3-14(4-6-17)9-15(12-23)22(25)28-13-16-10-21(24)29-20-11-18(27-2)7-8-19(16)20/h3-11H,13H2,1-2H3/b15-9+. The second kappa shape index (κ2) is 8.76. The third-order valence-corrected chi connectivity index (χ3v) is 4.16. The van der Waals surface area contributed by atoms with E-state index in [9.17, 15) is 14.9 Å². The van der Waals surface area contributed by atoms with Crippen LogP contribution in [0.5, 0.6) is 11.5 Å². The van der Waals surface area contributed by atoms with Gasteiger partial charge in [0, 0.05) is 23.1 Å². The van der Waals surface area contributed by atoms with Crippen molar-refractivity contribution in [1.82, 2.24) is 0 Å². The maximum absolute atomic E-state index is 12.3. The van der Waals surface area contributed by atoms with Crippen LogP contribution in [0.15, 0.2) is 63.3 Å². The molecule has 0 aliphatic rings. The molecule has 146 valence electrons. The number of carbonyl (C=O) groups excluding carboxylic acids is 1. The molecular weight excluding hydrogens is 374 g/mol. The van der Waals surface area contributed by atoms with E-state index in [1.807, 2.05) is 6.07 Å². The lowest BCUT2D eigenvalue weighted by atomic mass is 10.1. The highest BCUT2D eigenvalue weighted by Crippen LogP contribution is 2.23. The molecule has 0 aliphatic carbocycles. The minimum Gasteiger partial charge on any atom is -0.497 e. The molecule has 0 fully saturated rings. The van der Waals surface area contributed by atoms with Gasteiger partial charge >= 0.3 is 11.6 Å². The Bertz CT molecular complexity index is 1170. The molecule has 0 amide bonds. The molecule has 0 unspecified atom stereocenters. The van der Waals surface area contributed by atoms with E-state index >= 15 is 0 Å². The van der Waals surface area contributed by atoms with Crippen molar-refractivity contribution < 1.29 is 23.4 Å². The van der Waals surface area contributed by atoms with Crippen molar-refractivity contribution in [2.45, 2.75) is 6.61 Å². The van der Waals surface area contributed by atoms with Gasteiger partial charge in [0.25, 0.3) is 0 Å². The largest absolute Gasteiger partial charge is 0.497 e. The van der Waals surface area contributed by atoms with Gasteiger partial charge in [0.1, 0.15) is 35.3 Å². The number of nitrogens with zero attached hydrogens (tertiary/aromatic N) is 1. The molecule has 0 spiro atoms. The summed E-state index contributed by atoms with van der Waals surface area (Å²) in [5.74, 6) is 0.400. The van der Waals surface area contributed by atoms with Gasteiger partial charge in [-0.05, 0) is 35.9 Å². The highest BCUT2D eigenvalue weighted by atomic mass is 16.5. The van der Waals surface area contributed by atoms with Crippen LogP contribution in [0.2, 0.25) is 0 Å². The zero-order chi connectivity index (χ0) is 20.8. The molecule has 0 N–H and O–H groups in total. The maximum atomic E-state index is 12.3. The first-order valence-corrected chi connectivity index (χ1v) is 8.58. The number of fused-ring (bicyclic) bond motifs is 1. The van der Waals surface area contributed by atoms with Crippen LogP contribution in [-0.4, -0.2) is 20.2 Å². The number of methoxy groups -OCH3 is 2. The van der Waals surface area contributed by atoms with Crippen LogP contribution in [0, 0.1) is 11.3 Å². The molecule has 0 atom stereocenters. The Kier molecular flexibility index (Phi) is 5.95. The van der Waals surface area contributed by atoms with Gasteiger partial charge in [0.15, 0.2) is 0 Å². The van der Waals surface area contributed by atoms with E-state index < -0.39 is 11.6 Å². The van der Waals surface area contributed by atoms with Crippen LogP contribution < -0.4 is 15.1 Å². The first kappa shape index (κ1) is 19.7. The highest BCUT2D eigenvalue weighted by molar-refractivity contribution is 5.98. The molecule has 7 nitrogen and oxygen atoms in total. The molecule has 0 bridgehead atoms. The van der Waals surface area contributed by atoms with Gasteiger partial charge in [-0.3, -0.25) is 0 Å². The Morgan fingerprint density at radius 1 is 1.07 bits per heavy atom. The van der Waals surface area contributed by atoms with E-state index in [1.54, 1.807) is 49.6 Å². The molecule has 0 aliphatic heterocycles. The van der Waals surface area contributed by atoms with Crippen LogP contribution in [0.25, 0.3) is 17.0 Å². The quantitative estimate of drug-likeness (QED) is 0.275. The number of hydrogen-bond acceptors (Lipinski definition) is 7. The SMILES string of the molecule is COc1ccc(/C=C(\C#N)C(=O)OCc2cc(=O)oc3cc(OC)ccc23)cc1. The molecule has 7 heteroatoms. The van der Waals surface area contributed by atoms with Crippen molar-refractivity contribution in [3.05, 3.63) is 75.7 Å². The van der Waals surface area contributed by atoms with Crippen LogP contribution in [0.3, 0.4) is 0 Å². The highest BCUT2D eigenvalue weighted by Gasteiger charge is 2.14. The molecule has 29 heavy (non-hydrogen) atoms. The maximum Gasteiger partial charge on any atom is 0.349 e. The second-order valence-corrected chi connectivity index (χ2v) is 5.97. The van der Waals surface area contributed by atoms with Gasteiger partial charge in [0.05, 0.1) is 14.2 Å². The predicted octanol–water partition coefficient (Wildman–Crippen LogP) is 3.46. The van der Waals surface area contributed by atoms with Gasteiger partial charge in [-0.25, -0.2) is 9.59 Å². The van der Waals surface area contributed by atoms with Crippen LogP contribution in [0.4, 0.5) is 0 Å². The van der Waals surface area contributed by atoms with Crippen molar-refractivity contribution >= 4 is 23.0 Å². The molecule has 2 aromatic carbocycles. The third kappa shape index (κ3) is 4.62. The van der Waals surface area contributed by atoms with Crippen molar-refractivity contribution in [2.24, 2.45) is 0 Å². The lowest BCUT2D eigenvalue weighted by Crippen LogP contribution is -2.09. The molecule has 3 rings (SSSR count). The smallest absolute Gasteiger partial charge is 0.349 e. The number of esters is 1. The molecule has 0 saturated heterocycles. The Morgan fingerprint density at radius 3 is 2.41 bits per heavy atom. The van der Waals surface area contributed by atoms with Gasteiger partial charge < -0.3 is 18.6 Å². The second-order valence-electron chi connectivity index (χ2n) is 5.97. The minimum absolute atomic E-state index is 0.163. The van der Waals surface area contributed by atoms with Crippen molar-refractivity contribution in [3.63, 3.8) is 0 Å². The predicted molar refractivity (Wildman–Crippen MR) is 105 cm³/mol. The summed E-state index contributed by atoms with van der Waals surface area (Å²) < 4.78 is 20.6. The van der Waals surface area contributed by atoms with E-state index in [0.29, 0.717) is 33.6 Å². The molecule has 0 radical (unpaired) electrons. The summed E-state index contributed by atoms with van der Waals surface area (Å²) in [7, 11) is 3.05. The van der Waals surface area contributed by atoms with E-state index in [1.165, 1.54) is 19.3 Å². The lowest BCUT2D eigenvalue weighted by molar-refractivity contribution is -0.139. The fraction of sp³-hybridized carbons (Fsp3) is 0.136. The summed E-state index contributed by atoms with van der Waals surface area (Å²) in [5, 5.41) is 9.91. The molecule has 3 aromatic rings. The fourth-order valence-electron chi connectivity index (χ4n) is 2.68. The Labute approximate surface area is 166 Å². The van der Waals surface area contributed by atoms with Gasteiger partial charge in [-0.1, -0.05) is 12.1 Å². The number of rotatable bonds is 6. The fourth-order valence-corrected chi connectivity index (χ4v) is 2.68. The molecule has 0 saturated carbocycles. The normalized spacial score (nSPS) is 11.0. The van der Waals surface area contributed by atoms with Crippen molar-refractivity contribution in [2.75, 3.05) is 14.2 Å². The van der Waals surface area contributed by atoms with Gasteiger partial charge in [0.2, 0.25) is 0 Å². The summed E-state index contributed by atoms with van der Waals surface area (Å²) in [5.41, 5.74) is 0.693. The average molecular weight is 391 g/mol. The zero-order valence-electron chi connectivity index (χ0n) is 15.8. The third-order valence-electron chi connectivity index (χ3n) is 4.16. The lowest BCUT2D eigenvalue weighted by Gasteiger charge is -2.08. The number of hydrogen-bond donors (Lipinski definition) is 0. The van der Waals surface area contributed by atoms with Crippen LogP contribution in [0.1, 0.15) is 11.1 Å². The van der Waals surface area contributed by atoms with Crippen molar-refractivity contribution in [1.29, 1.82) is 5.26 Å². The Morgan fingerprint density at radius 2 is 1.76 bits per heavy atom. The summed E-state index contributed by atoms with van der Waals surface area (Å²) in [4.78, 5) is 24.1. The molecule has 1 aromatic heterocycles. The van der Waals surface area contributed by atoms with E-state index in [4.69, 9.17) is 18.6 Å². The average Bonchev–Trinajstić information content (AvgIpc) is 2.75. The topological polar surface area (TPSA) is 98.8 Å². The number of benzene rings is 2. The number of carbonyl (C=O) groups is 1. The van der Waals surface area contributed by atoms with Crippen molar-refractivity contribution in [3.8, 4) is 17.6 Å².